The molecule has 39 heavy (non-hydrogen) atoms. The molecule has 2 saturated carbocycles. The Hall–Kier alpha value is -2.99. The number of aromatic nitrogens is 3. The summed E-state index contributed by atoms with van der Waals surface area (Å²) in [6.45, 7) is 5.34. The molecule has 0 aromatic carbocycles. The van der Waals surface area contributed by atoms with E-state index in [1.165, 1.54) is 25.5 Å². The summed E-state index contributed by atoms with van der Waals surface area (Å²) in [5.41, 5.74) is 6.18. The zero-order valence-corrected chi connectivity index (χ0v) is 22.6. The Morgan fingerprint density at radius 1 is 1.15 bits per heavy atom. The highest BCUT2D eigenvalue weighted by molar-refractivity contribution is 5.75. The molecule has 8 nitrogen and oxygen atoms in total. The zero-order valence-electron chi connectivity index (χ0n) is 22.6. The van der Waals surface area contributed by atoms with Crippen LogP contribution in [0, 0.1) is 5.92 Å². The van der Waals surface area contributed by atoms with Crippen molar-refractivity contribution >= 4 is 17.6 Å². The van der Waals surface area contributed by atoms with Gasteiger partial charge in [0, 0.05) is 25.8 Å². The number of amides is 2. The molecule has 0 bridgehead atoms. The molecule has 0 unspecified atom stereocenters. The molecule has 0 spiro atoms. The van der Waals surface area contributed by atoms with E-state index in [1.54, 1.807) is 37.5 Å². The number of nitrogens with two attached hydrogens (primary N) is 1. The number of fused-ring (bicyclic) bond motifs is 1. The summed E-state index contributed by atoms with van der Waals surface area (Å²) in [4.78, 5) is 26.0. The molecular weight excluding hydrogens is 525 g/mol. The second-order valence-corrected chi connectivity index (χ2v) is 10.9. The van der Waals surface area contributed by atoms with E-state index in [-0.39, 0.29) is 25.3 Å². The predicted octanol–water partition coefficient (Wildman–Crippen LogP) is 6.11. The van der Waals surface area contributed by atoms with Gasteiger partial charge in [-0.05, 0) is 57.6 Å². The monoisotopic (exact) mass is 563 g/mol. The Morgan fingerprint density at radius 3 is 2.26 bits per heavy atom. The molecule has 0 radical (unpaired) electrons. The number of imidazole rings is 1. The van der Waals surface area contributed by atoms with Gasteiger partial charge in [-0.25, -0.2) is 23.1 Å². The lowest BCUT2D eigenvalue weighted by Gasteiger charge is -2.27. The summed E-state index contributed by atoms with van der Waals surface area (Å²) in [5.74, 6) is -3.08. The van der Waals surface area contributed by atoms with Crippen LogP contribution in [0.1, 0.15) is 89.8 Å². The van der Waals surface area contributed by atoms with Crippen LogP contribution in [-0.2, 0) is 22.5 Å². The highest BCUT2D eigenvalue weighted by Gasteiger charge is 2.35. The zero-order chi connectivity index (χ0) is 29.3. The summed E-state index contributed by atoms with van der Waals surface area (Å²) in [6, 6.07) is 1.69. The highest BCUT2D eigenvalue weighted by Crippen LogP contribution is 2.37. The quantitative estimate of drug-likeness (QED) is 0.412. The van der Waals surface area contributed by atoms with E-state index >= 15 is 0 Å². The van der Waals surface area contributed by atoms with Crippen molar-refractivity contribution in [3.8, 4) is 0 Å². The van der Waals surface area contributed by atoms with Crippen molar-refractivity contribution in [3.05, 3.63) is 29.7 Å². The van der Waals surface area contributed by atoms with Gasteiger partial charge < -0.3 is 15.8 Å². The van der Waals surface area contributed by atoms with Gasteiger partial charge in [-0.2, -0.15) is 18.3 Å². The van der Waals surface area contributed by atoms with E-state index < -0.39 is 42.5 Å². The van der Waals surface area contributed by atoms with Crippen LogP contribution in [0.3, 0.4) is 0 Å². The minimum absolute atomic E-state index is 0.0556. The largest absolute Gasteiger partial charge is 0.444 e. The van der Waals surface area contributed by atoms with Gasteiger partial charge in [0.2, 0.25) is 11.8 Å². The van der Waals surface area contributed by atoms with Crippen LogP contribution in [0.5, 0.6) is 0 Å². The maximum absolute atomic E-state index is 13.2. The fourth-order valence-corrected chi connectivity index (χ4v) is 3.61. The molecular formula is C26H38F5N5O3. The van der Waals surface area contributed by atoms with Gasteiger partial charge in [0.15, 0.2) is 5.65 Å². The minimum Gasteiger partial charge on any atom is -0.444 e. The fourth-order valence-electron chi connectivity index (χ4n) is 3.61. The van der Waals surface area contributed by atoms with E-state index in [9.17, 15) is 31.5 Å². The number of halogens is 5. The van der Waals surface area contributed by atoms with Gasteiger partial charge in [0.25, 0.3) is 0 Å². The first-order valence-electron chi connectivity index (χ1n) is 13.0. The van der Waals surface area contributed by atoms with Gasteiger partial charge in [-0.15, -0.1) is 0 Å². The van der Waals surface area contributed by atoms with Crippen molar-refractivity contribution in [2.75, 3.05) is 0 Å². The SMILES string of the molecule is C1CC1.CC(C)(C)OC(N)=O.O=C(CCC(F)(F)F)NCc1cnn2cc(CC3CCC(F)(F)CC3)nc2c1. The number of rotatable bonds is 6. The van der Waals surface area contributed by atoms with Crippen LogP contribution in [-0.4, -0.2) is 44.3 Å². The topological polar surface area (TPSA) is 112 Å². The van der Waals surface area contributed by atoms with Crippen LogP contribution < -0.4 is 11.1 Å². The summed E-state index contributed by atoms with van der Waals surface area (Å²) in [7, 11) is 0. The molecule has 0 atom stereocenters. The van der Waals surface area contributed by atoms with Crippen molar-refractivity contribution in [1.82, 2.24) is 19.9 Å². The van der Waals surface area contributed by atoms with Gasteiger partial charge in [0.1, 0.15) is 5.60 Å². The molecule has 13 heteroatoms. The Balaban J connectivity index is 0.000000405. The van der Waals surface area contributed by atoms with E-state index in [0.29, 0.717) is 30.5 Å². The maximum atomic E-state index is 13.2. The van der Waals surface area contributed by atoms with Crippen LogP contribution in [0.2, 0.25) is 0 Å². The standard InChI is InChI=1S/C18H21F5N4O.C5H11NO2.C3H6/c19-17(20)4-1-12(2-5-17)7-14-11-27-15(26-14)8-13(10-25-27)9-24-16(28)3-6-18(21,22)23;1-5(2,3)8-4(6)7;1-2-3-1/h8,10-12H,1-7,9H2,(H,24,28);1-3H3,(H2,6,7);1-3H2. The Kier molecular flexibility index (Phi) is 11.5. The average molecular weight is 564 g/mol. The molecule has 4 rings (SSSR count). The van der Waals surface area contributed by atoms with E-state index in [4.69, 9.17) is 5.73 Å². The number of hydrogen-bond acceptors (Lipinski definition) is 5. The maximum Gasteiger partial charge on any atom is 0.405 e. The Labute approximate surface area is 224 Å². The van der Waals surface area contributed by atoms with Gasteiger partial charge in [-0.3, -0.25) is 4.79 Å². The van der Waals surface area contributed by atoms with E-state index in [1.807, 2.05) is 0 Å². The van der Waals surface area contributed by atoms with E-state index in [2.05, 4.69) is 20.1 Å². The fraction of sp³-hybridized carbons (Fsp3) is 0.692. The molecule has 2 fully saturated rings. The third-order valence-corrected chi connectivity index (χ3v) is 5.65. The number of nitrogens with one attached hydrogen (secondary N) is 1. The molecule has 2 heterocycles. The molecule has 0 saturated heterocycles. The first-order valence-corrected chi connectivity index (χ1v) is 13.0. The Bertz CT molecular complexity index is 1070. The van der Waals surface area contributed by atoms with Crippen LogP contribution >= 0.6 is 0 Å². The van der Waals surface area contributed by atoms with Crippen molar-refractivity contribution in [2.24, 2.45) is 11.7 Å². The molecule has 2 aromatic heterocycles. The van der Waals surface area contributed by atoms with Crippen LogP contribution in [0.4, 0.5) is 26.7 Å². The smallest absolute Gasteiger partial charge is 0.405 e. The third kappa shape index (κ3) is 14.7. The summed E-state index contributed by atoms with van der Waals surface area (Å²) < 4.78 is 69.0. The predicted molar refractivity (Wildman–Crippen MR) is 135 cm³/mol. The third-order valence-electron chi connectivity index (χ3n) is 5.65. The van der Waals surface area contributed by atoms with Crippen molar-refractivity contribution < 1.29 is 36.3 Å². The van der Waals surface area contributed by atoms with Crippen molar-refractivity contribution in [1.29, 1.82) is 0 Å². The average Bonchev–Trinajstić information content (AvgIpc) is 3.62. The van der Waals surface area contributed by atoms with Gasteiger partial charge >= 0.3 is 12.3 Å². The number of ether oxygens (including phenoxy) is 1. The molecule has 2 aliphatic carbocycles. The van der Waals surface area contributed by atoms with Crippen molar-refractivity contribution in [3.63, 3.8) is 0 Å². The molecule has 2 aliphatic rings. The molecule has 2 aromatic rings. The van der Waals surface area contributed by atoms with Crippen LogP contribution in [0.25, 0.3) is 5.65 Å². The number of nitrogens with zero attached hydrogens (tertiary/aromatic N) is 3. The second kappa shape index (κ2) is 13.9. The van der Waals surface area contributed by atoms with E-state index in [0.717, 1.165) is 5.69 Å². The van der Waals surface area contributed by atoms with Crippen LogP contribution in [0.15, 0.2) is 18.5 Å². The first kappa shape index (κ1) is 32.2. The summed E-state index contributed by atoms with van der Waals surface area (Å²) in [5, 5.41) is 6.61. The lowest BCUT2D eigenvalue weighted by atomic mass is 9.84. The summed E-state index contributed by atoms with van der Waals surface area (Å²) >= 11 is 0. The lowest BCUT2D eigenvalue weighted by Crippen LogP contribution is -2.27. The van der Waals surface area contributed by atoms with Gasteiger partial charge in [0.05, 0.1) is 24.5 Å². The number of carbonyl (C=O) groups is 2. The number of carbonyl (C=O) groups excluding carboxylic acids is 2. The minimum atomic E-state index is -4.36. The second-order valence-electron chi connectivity index (χ2n) is 10.9. The molecule has 2 amide bonds. The number of alkyl halides is 5. The lowest BCUT2D eigenvalue weighted by molar-refractivity contribution is -0.144. The van der Waals surface area contributed by atoms with Crippen molar-refractivity contribution in [2.45, 2.75) is 109 Å². The summed E-state index contributed by atoms with van der Waals surface area (Å²) in [6.07, 6.45) is 2.21. The molecule has 220 valence electrons. The molecule has 3 N–H and O–H groups in total. The molecule has 0 aliphatic heterocycles. The number of primary amides is 1. The van der Waals surface area contributed by atoms with Gasteiger partial charge in [-0.1, -0.05) is 19.3 Å². The highest BCUT2D eigenvalue weighted by atomic mass is 19.4. The first-order chi connectivity index (χ1) is 18.0. The normalized spacial score (nSPS) is 16.8. The number of hydrogen-bond donors (Lipinski definition) is 2. The Morgan fingerprint density at radius 2 is 1.77 bits per heavy atom.